The number of hydrogen-bond donors (Lipinski definition) is 2. The maximum Gasteiger partial charge on any atom is 0.408 e. The zero-order chi connectivity index (χ0) is 29.7. The molecule has 41 heavy (non-hydrogen) atoms. The van der Waals surface area contributed by atoms with E-state index < -0.39 is 23.7 Å². The molecule has 0 bridgehead atoms. The first-order valence-electron chi connectivity index (χ1n) is 14.8. The van der Waals surface area contributed by atoms with E-state index in [1.54, 1.807) is 7.11 Å². The second-order valence-corrected chi connectivity index (χ2v) is 11.7. The number of pyridine rings is 1. The molecule has 1 aliphatic rings. The van der Waals surface area contributed by atoms with Gasteiger partial charge in [0.1, 0.15) is 24.1 Å². The van der Waals surface area contributed by atoms with Gasteiger partial charge in [-0.25, -0.2) is 14.6 Å². The zero-order valence-corrected chi connectivity index (χ0v) is 25.4. The summed E-state index contributed by atoms with van der Waals surface area (Å²) < 4.78 is 16.5. The van der Waals surface area contributed by atoms with Crippen LogP contribution in [0.5, 0.6) is 0 Å². The van der Waals surface area contributed by atoms with Crippen LogP contribution < -0.4 is 10.6 Å². The number of nitrogens with zero attached hydrogens (tertiary/aromatic N) is 2. The number of esters is 1. The summed E-state index contributed by atoms with van der Waals surface area (Å²) in [5.41, 5.74) is 2.61. The van der Waals surface area contributed by atoms with Crippen LogP contribution in [0.2, 0.25) is 0 Å². The number of unbranched alkanes of at least 4 members (excludes halogenated alkanes) is 1. The van der Waals surface area contributed by atoms with E-state index in [-0.39, 0.29) is 12.7 Å². The van der Waals surface area contributed by atoms with Crippen LogP contribution in [0.3, 0.4) is 0 Å². The van der Waals surface area contributed by atoms with Crippen molar-refractivity contribution in [3.8, 4) is 0 Å². The fourth-order valence-corrected chi connectivity index (χ4v) is 4.72. The monoisotopic (exact) mass is 568 g/mol. The smallest absolute Gasteiger partial charge is 0.408 e. The van der Waals surface area contributed by atoms with Gasteiger partial charge < -0.3 is 29.7 Å². The van der Waals surface area contributed by atoms with Gasteiger partial charge in [-0.15, -0.1) is 0 Å². The van der Waals surface area contributed by atoms with E-state index in [4.69, 9.17) is 19.2 Å². The summed E-state index contributed by atoms with van der Waals surface area (Å²) in [5, 5.41) is 6.15. The standard InChI is InChI=1S/C32H48N4O5/c1-24(39-5)22-36(20-10-9-15-27-17-16-26-14-11-19-33-29(26)34-27)21-18-28(30(37)41-32(2,3)4)35-31(38)40-23-25-12-7-6-8-13-25/h6-8,12-13,16-17,24,28H,9-11,14-15,18-23H2,1-5H3,(H,33,34)(H,35,38)/t24-,28+/m1/s1. The van der Waals surface area contributed by atoms with Crippen LogP contribution in [0.25, 0.3) is 0 Å². The summed E-state index contributed by atoms with van der Waals surface area (Å²) in [7, 11) is 1.70. The lowest BCUT2D eigenvalue weighted by atomic mass is 10.1. The number of ether oxygens (including phenoxy) is 3. The molecule has 3 rings (SSSR count). The molecule has 1 aliphatic heterocycles. The molecule has 9 heteroatoms. The Morgan fingerprint density at radius 2 is 1.88 bits per heavy atom. The molecule has 0 aliphatic carbocycles. The highest BCUT2D eigenvalue weighted by Gasteiger charge is 2.28. The number of methoxy groups -OCH3 is 1. The van der Waals surface area contributed by atoms with Crippen LogP contribution in [0, 0.1) is 0 Å². The number of hydrogen-bond acceptors (Lipinski definition) is 8. The summed E-state index contributed by atoms with van der Waals surface area (Å²) in [5.74, 6) is 0.563. The van der Waals surface area contributed by atoms with Gasteiger partial charge in [0.25, 0.3) is 0 Å². The van der Waals surface area contributed by atoms with Crippen molar-refractivity contribution in [3.63, 3.8) is 0 Å². The number of aromatic nitrogens is 1. The highest BCUT2D eigenvalue weighted by Crippen LogP contribution is 2.20. The third kappa shape index (κ3) is 12.1. The largest absolute Gasteiger partial charge is 0.458 e. The molecule has 0 radical (unpaired) electrons. The minimum absolute atomic E-state index is 0.0344. The van der Waals surface area contributed by atoms with Gasteiger partial charge in [0.15, 0.2) is 0 Å². The number of carbonyl (C=O) groups is 2. The third-order valence-electron chi connectivity index (χ3n) is 6.96. The lowest BCUT2D eigenvalue weighted by Crippen LogP contribution is -2.46. The molecule has 0 spiro atoms. The van der Waals surface area contributed by atoms with Crippen LogP contribution >= 0.6 is 0 Å². The molecule has 1 aromatic heterocycles. The first-order chi connectivity index (χ1) is 19.6. The van der Waals surface area contributed by atoms with Gasteiger partial charge >= 0.3 is 12.1 Å². The van der Waals surface area contributed by atoms with Crippen molar-refractivity contribution < 1.29 is 23.8 Å². The van der Waals surface area contributed by atoms with Crippen LogP contribution in [0.15, 0.2) is 42.5 Å². The average Bonchev–Trinajstić information content (AvgIpc) is 2.95. The summed E-state index contributed by atoms with van der Waals surface area (Å²) in [6.45, 7) is 10.7. The zero-order valence-electron chi connectivity index (χ0n) is 25.4. The molecule has 2 N–H and O–H groups in total. The van der Waals surface area contributed by atoms with E-state index in [0.717, 1.165) is 68.8 Å². The molecule has 1 amide bonds. The van der Waals surface area contributed by atoms with Crippen LogP contribution in [0.1, 0.15) is 70.2 Å². The highest BCUT2D eigenvalue weighted by atomic mass is 16.6. The van der Waals surface area contributed by atoms with Gasteiger partial charge in [-0.3, -0.25) is 0 Å². The van der Waals surface area contributed by atoms with Gasteiger partial charge in [-0.1, -0.05) is 36.4 Å². The third-order valence-corrected chi connectivity index (χ3v) is 6.96. The lowest BCUT2D eigenvalue weighted by Gasteiger charge is -2.28. The van der Waals surface area contributed by atoms with Crippen LogP contribution in [-0.2, 0) is 38.5 Å². The normalized spacial score (nSPS) is 14.5. The van der Waals surface area contributed by atoms with Crippen molar-refractivity contribution in [2.75, 3.05) is 38.6 Å². The van der Waals surface area contributed by atoms with Gasteiger partial charge in [-0.2, -0.15) is 0 Å². The highest BCUT2D eigenvalue weighted by molar-refractivity contribution is 5.81. The number of carbonyl (C=O) groups excluding carboxylic acids is 2. The number of fused-ring (bicyclic) bond motifs is 1. The quantitative estimate of drug-likeness (QED) is 0.225. The molecule has 0 unspecified atom stereocenters. The second-order valence-electron chi connectivity index (χ2n) is 11.7. The van der Waals surface area contributed by atoms with Crippen molar-refractivity contribution in [1.82, 2.24) is 15.2 Å². The summed E-state index contributed by atoms with van der Waals surface area (Å²) in [6.07, 6.45) is 4.92. The van der Waals surface area contributed by atoms with Crippen molar-refractivity contribution in [2.24, 2.45) is 0 Å². The van der Waals surface area contributed by atoms with Gasteiger partial charge in [0.05, 0.1) is 6.10 Å². The maximum absolute atomic E-state index is 13.0. The Morgan fingerprint density at radius 1 is 1.10 bits per heavy atom. The molecule has 1 aromatic carbocycles. The topological polar surface area (TPSA) is 102 Å². The SMILES string of the molecule is CO[C@H](C)CN(CCCCc1ccc2c(n1)NCCC2)CC[C@H](NC(=O)OCc1ccccc1)C(=O)OC(C)(C)C. The van der Waals surface area contributed by atoms with Crippen molar-refractivity contribution in [3.05, 3.63) is 59.3 Å². The number of aryl methyl sites for hydroxylation is 2. The Kier molecular flexibility index (Phi) is 12.9. The van der Waals surface area contributed by atoms with E-state index in [9.17, 15) is 9.59 Å². The van der Waals surface area contributed by atoms with Gasteiger partial charge in [-0.05, 0) is 90.0 Å². The van der Waals surface area contributed by atoms with E-state index in [1.807, 2.05) is 58.0 Å². The molecular weight excluding hydrogens is 520 g/mol. The summed E-state index contributed by atoms with van der Waals surface area (Å²) in [4.78, 5) is 32.7. The Labute approximate surface area is 245 Å². The molecular formula is C32H48N4O5. The molecule has 0 saturated heterocycles. The number of rotatable bonds is 15. The molecule has 2 aromatic rings. The van der Waals surface area contributed by atoms with Crippen molar-refractivity contribution in [2.45, 2.75) is 90.6 Å². The minimum atomic E-state index is -0.829. The Bertz CT molecular complexity index is 1090. The first-order valence-corrected chi connectivity index (χ1v) is 14.8. The number of anilines is 1. The van der Waals surface area contributed by atoms with Crippen LogP contribution in [0.4, 0.5) is 10.6 Å². The van der Waals surface area contributed by atoms with E-state index >= 15 is 0 Å². The van der Waals surface area contributed by atoms with Crippen molar-refractivity contribution in [1.29, 1.82) is 0 Å². The van der Waals surface area contributed by atoms with Gasteiger partial charge in [0, 0.05) is 32.4 Å². The first kappa shape index (κ1) is 32.3. The Morgan fingerprint density at radius 3 is 2.61 bits per heavy atom. The summed E-state index contributed by atoms with van der Waals surface area (Å²) >= 11 is 0. The molecule has 0 saturated carbocycles. The van der Waals surface area contributed by atoms with Crippen molar-refractivity contribution >= 4 is 17.9 Å². The average molecular weight is 569 g/mol. The molecule has 9 nitrogen and oxygen atoms in total. The van der Waals surface area contributed by atoms with Gasteiger partial charge in [0.2, 0.25) is 0 Å². The number of nitrogens with one attached hydrogen (secondary N) is 2. The predicted octanol–water partition coefficient (Wildman–Crippen LogP) is 5.13. The maximum atomic E-state index is 13.0. The van der Waals surface area contributed by atoms with E-state index in [1.165, 1.54) is 5.56 Å². The lowest BCUT2D eigenvalue weighted by molar-refractivity contribution is -0.157. The summed E-state index contributed by atoms with van der Waals surface area (Å²) in [6, 6.07) is 13.0. The van der Waals surface area contributed by atoms with Crippen LogP contribution in [-0.4, -0.2) is 73.0 Å². The number of benzene rings is 1. The predicted molar refractivity (Wildman–Crippen MR) is 161 cm³/mol. The second kappa shape index (κ2) is 16.3. The number of amides is 1. The molecule has 2 atom stereocenters. The fraction of sp³-hybridized carbons (Fsp3) is 0.594. The molecule has 0 fully saturated rings. The number of alkyl carbamates (subject to hydrolysis) is 1. The van der Waals surface area contributed by atoms with E-state index in [2.05, 4.69) is 27.7 Å². The Hall–Kier alpha value is -3.17. The molecule has 226 valence electrons. The van der Waals surface area contributed by atoms with E-state index in [0.29, 0.717) is 13.0 Å². The minimum Gasteiger partial charge on any atom is -0.458 e. The Balaban J connectivity index is 1.54. The molecule has 2 heterocycles. The fourth-order valence-electron chi connectivity index (χ4n) is 4.72.